The molecular weight excluding hydrogens is 379 g/mol. The monoisotopic (exact) mass is 402 g/mol. The highest BCUT2D eigenvalue weighted by molar-refractivity contribution is 7.99. The molecule has 0 N–H and O–H groups in total. The number of carbonyl (C=O) groups is 2. The van der Waals surface area contributed by atoms with Crippen molar-refractivity contribution in [1.82, 2.24) is 4.90 Å². The van der Waals surface area contributed by atoms with Gasteiger partial charge in [0.25, 0.3) is 0 Å². The summed E-state index contributed by atoms with van der Waals surface area (Å²) in [4.78, 5) is 29.3. The number of ether oxygens (including phenoxy) is 1. The van der Waals surface area contributed by atoms with Crippen molar-refractivity contribution in [2.45, 2.75) is 17.7 Å². The highest BCUT2D eigenvalue weighted by Gasteiger charge is 2.23. The molecule has 3 rings (SSSR count). The van der Waals surface area contributed by atoms with Gasteiger partial charge in [-0.15, -0.1) is 11.8 Å². The normalized spacial score (nSPS) is 13.0. The van der Waals surface area contributed by atoms with E-state index in [1.807, 2.05) is 24.3 Å². The molecule has 0 atom stereocenters. The standard InChI is InChI=1S/C21H23FN2O3S/c1-23(12-14-27-17-8-6-16(22)7-9-17)20(25)10-11-21(26)24-13-15-28-19-5-3-2-4-18(19)24/h2-9H,10-15H2,1H3. The SMILES string of the molecule is CN(CCOc1ccc(F)cc1)C(=O)CCC(=O)N1CCSc2ccccc21. The van der Waals surface area contributed by atoms with Gasteiger partial charge in [0, 0.05) is 37.1 Å². The second-order valence-corrected chi connectivity index (χ2v) is 7.62. The summed E-state index contributed by atoms with van der Waals surface area (Å²) in [5.74, 6) is 0.961. The number of hydrogen-bond acceptors (Lipinski definition) is 4. The number of nitrogens with zero attached hydrogens (tertiary/aromatic N) is 2. The summed E-state index contributed by atoms with van der Waals surface area (Å²) in [6.07, 6.45) is 0.346. The maximum absolute atomic E-state index is 12.9. The van der Waals surface area contributed by atoms with E-state index < -0.39 is 0 Å². The largest absolute Gasteiger partial charge is 0.492 e. The molecular formula is C21H23FN2O3S. The molecule has 1 aliphatic heterocycles. The summed E-state index contributed by atoms with van der Waals surface area (Å²) >= 11 is 1.74. The fourth-order valence-electron chi connectivity index (χ4n) is 2.92. The first-order valence-electron chi connectivity index (χ1n) is 9.19. The molecule has 7 heteroatoms. The molecule has 28 heavy (non-hydrogen) atoms. The molecule has 2 aromatic rings. The van der Waals surface area contributed by atoms with Gasteiger partial charge in [0.15, 0.2) is 0 Å². The van der Waals surface area contributed by atoms with Crippen molar-refractivity contribution in [3.8, 4) is 5.75 Å². The highest BCUT2D eigenvalue weighted by Crippen LogP contribution is 2.34. The van der Waals surface area contributed by atoms with E-state index in [1.165, 1.54) is 12.1 Å². The van der Waals surface area contributed by atoms with Gasteiger partial charge in [0.05, 0.1) is 12.2 Å². The topological polar surface area (TPSA) is 49.9 Å². The Hall–Kier alpha value is -2.54. The maximum Gasteiger partial charge on any atom is 0.227 e. The third-order valence-electron chi connectivity index (χ3n) is 4.52. The molecule has 0 radical (unpaired) electrons. The minimum Gasteiger partial charge on any atom is -0.492 e. The molecule has 0 saturated heterocycles. The van der Waals surface area contributed by atoms with E-state index in [1.54, 1.807) is 40.7 Å². The quantitative estimate of drug-likeness (QED) is 0.710. The van der Waals surface area contributed by atoms with Crippen LogP contribution in [0.1, 0.15) is 12.8 Å². The van der Waals surface area contributed by atoms with E-state index >= 15 is 0 Å². The van der Waals surface area contributed by atoms with Gasteiger partial charge in [-0.3, -0.25) is 9.59 Å². The molecule has 1 heterocycles. The van der Waals surface area contributed by atoms with Crippen LogP contribution in [0.4, 0.5) is 10.1 Å². The minimum absolute atomic E-state index is 0.0305. The molecule has 0 spiro atoms. The Kier molecular flexibility index (Phi) is 6.92. The predicted molar refractivity (Wildman–Crippen MR) is 108 cm³/mol. The second-order valence-electron chi connectivity index (χ2n) is 6.48. The Morgan fingerprint density at radius 3 is 2.68 bits per heavy atom. The number of benzene rings is 2. The predicted octanol–water partition coefficient (Wildman–Crippen LogP) is 3.58. The Morgan fingerprint density at radius 2 is 1.89 bits per heavy atom. The zero-order chi connectivity index (χ0) is 19.9. The number of halogens is 1. The molecule has 0 fully saturated rings. The van der Waals surface area contributed by atoms with Gasteiger partial charge >= 0.3 is 0 Å². The summed E-state index contributed by atoms with van der Waals surface area (Å²) in [5.41, 5.74) is 0.928. The zero-order valence-electron chi connectivity index (χ0n) is 15.8. The van der Waals surface area contributed by atoms with Crippen molar-refractivity contribution < 1.29 is 18.7 Å². The molecule has 0 aromatic heterocycles. The van der Waals surface area contributed by atoms with Gasteiger partial charge in [0.2, 0.25) is 11.8 Å². The van der Waals surface area contributed by atoms with Crippen LogP contribution in [-0.2, 0) is 9.59 Å². The minimum atomic E-state index is -0.320. The lowest BCUT2D eigenvalue weighted by atomic mass is 10.2. The van der Waals surface area contributed by atoms with Crippen LogP contribution in [0.25, 0.3) is 0 Å². The number of rotatable bonds is 7. The summed E-state index contributed by atoms with van der Waals surface area (Å²) in [5, 5.41) is 0. The summed E-state index contributed by atoms with van der Waals surface area (Å²) in [6.45, 7) is 1.36. The number of amides is 2. The molecule has 2 aromatic carbocycles. The van der Waals surface area contributed by atoms with Gasteiger partial charge in [-0.2, -0.15) is 0 Å². The molecule has 148 valence electrons. The number of anilines is 1. The van der Waals surface area contributed by atoms with Crippen LogP contribution < -0.4 is 9.64 Å². The van der Waals surface area contributed by atoms with Crippen molar-refractivity contribution in [1.29, 1.82) is 0 Å². The van der Waals surface area contributed by atoms with E-state index in [-0.39, 0.29) is 30.5 Å². The first-order valence-corrected chi connectivity index (χ1v) is 10.2. The number of hydrogen-bond donors (Lipinski definition) is 0. The number of carbonyl (C=O) groups excluding carboxylic acids is 2. The van der Waals surface area contributed by atoms with Crippen molar-refractivity contribution in [2.24, 2.45) is 0 Å². The number of para-hydroxylation sites is 1. The lowest BCUT2D eigenvalue weighted by Crippen LogP contribution is -2.37. The molecule has 1 aliphatic rings. The first kappa shape index (κ1) is 20.2. The average molecular weight is 402 g/mol. The number of likely N-dealkylation sites (N-methyl/N-ethyl adjacent to an activating group) is 1. The van der Waals surface area contributed by atoms with Crippen LogP contribution in [0.2, 0.25) is 0 Å². The summed E-state index contributed by atoms with van der Waals surface area (Å²) < 4.78 is 18.4. The lowest BCUT2D eigenvalue weighted by Gasteiger charge is -2.29. The third-order valence-corrected chi connectivity index (χ3v) is 5.56. The first-order chi connectivity index (χ1) is 13.5. The van der Waals surface area contributed by atoms with Crippen LogP contribution in [-0.4, -0.2) is 49.2 Å². The van der Waals surface area contributed by atoms with E-state index in [0.29, 0.717) is 25.4 Å². The van der Waals surface area contributed by atoms with Crippen LogP contribution in [0.15, 0.2) is 53.4 Å². The van der Waals surface area contributed by atoms with Gasteiger partial charge < -0.3 is 14.5 Å². The Labute approximate surface area is 168 Å². The Bertz CT molecular complexity index is 829. The van der Waals surface area contributed by atoms with Crippen molar-refractivity contribution >= 4 is 29.3 Å². The highest BCUT2D eigenvalue weighted by atomic mass is 32.2. The van der Waals surface area contributed by atoms with Crippen molar-refractivity contribution in [3.63, 3.8) is 0 Å². The van der Waals surface area contributed by atoms with E-state index in [2.05, 4.69) is 0 Å². The van der Waals surface area contributed by atoms with E-state index in [9.17, 15) is 14.0 Å². The average Bonchev–Trinajstić information content (AvgIpc) is 2.72. The van der Waals surface area contributed by atoms with Crippen molar-refractivity contribution in [3.05, 3.63) is 54.3 Å². The van der Waals surface area contributed by atoms with Crippen LogP contribution in [0.5, 0.6) is 5.75 Å². The Morgan fingerprint density at radius 1 is 1.14 bits per heavy atom. The van der Waals surface area contributed by atoms with Crippen LogP contribution in [0, 0.1) is 5.82 Å². The van der Waals surface area contributed by atoms with Crippen LogP contribution in [0.3, 0.4) is 0 Å². The van der Waals surface area contributed by atoms with Gasteiger partial charge in [-0.25, -0.2) is 4.39 Å². The summed E-state index contributed by atoms with van der Waals surface area (Å²) in [6, 6.07) is 13.6. The van der Waals surface area contributed by atoms with Gasteiger partial charge in [-0.05, 0) is 36.4 Å². The van der Waals surface area contributed by atoms with Gasteiger partial charge in [-0.1, -0.05) is 12.1 Å². The van der Waals surface area contributed by atoms with E-state index in [0.717, 1.165) is 16.3 Å². The third kappa shape index (κ3) is 5.25. The molecule has 2 amide bonds. The zero-order valence-corrected chi connectivity index (χ0v) is 16.6. The fraction of sp³-hybridized carbons (Fsp3) is 0.333. The maximum atomic E-state index is 12.9. The Balaban J connectivity index is 1.43. The molecule has 0 bridgehead atoms. The smallest absolute Gasteiger partial charge is 0.227 e. The fourth-order valence-corrected chi connectivity index (χ4v) is 3.92. The van der Waals surface area contributed by atoms with E-state index in [4.69, 9.17) is 4.74 Å². The van der Waals surface area contributed by atoms with Crippen molar-refractivity contribution in [2.75, 3.05) is 37.4 Å². The number of fused-ring (bicyclic) bond motifs is 1. The lowest BCUT2D eigenvalue weighted by molar-refractivity contribution is -0.132. The van der Waals surface area contributed by atoms with Crippen LogP contribution >= 0.6 is 11.8 Å². The molecule has 0 aliphatic carbocycles. The molecule has 5 nitrogen and oxygen atoms in total. The number of thioether (sulfide) groups is 1. The summed E-state index contributed by atoms with van der Waals surface area (Å²) in [7, 11) is 1.69. The molecule has 0 saturated carbocycles. The van der Waals surface area contributed by atoms with Gasteiger partial charge in [0.1, 0.15) is 18.2 Å². The second kappa shape index (κ2) is 9.59. The molecule has 0 unspecified atom stereocenters.